The first kappa shape index (κ1) is 23.0. The Morgan fingerprint density at radius 3 is 2.44 bits per heavy atom. The molecule has 1 spiro atoms. The third-order valence-corrected chi connectivity index (χ3v) is 7.15. The Bertz CT molecular complexity index is 1070. The molecule has 2 fully saturated rings. The third-order valence-electron chi connectivity index (χ3n) is 7.15. The molecule has 3 aliphatic rings. The standard InChI is InChI=1S/C27H33N3O4/c1-19-4-9-23(20(2)16-19)24-17-25(21-5-7-22(32-3)8-6-21)30(28-24)26(31)18-29-12-10-27(11-13-29)33-14-15-34-27/h4-9,16,25H,10-15,17-18H2,1-3H3/t25-/m0/s1. The van der Waals surface area contributed by atoms with Crippen LogP contribution >= 0.6 is 0 Å². The average molecular weight is 464 g/mol. The summed E-state index contributed by atoms with van der Waals surface area (Å²) in [4.78, 5) is 15.7. The predicted octanol–water partition coefficient (Wildman–Crippen LogP) is 3.83. The molecule has 3 aliphatic heterocycles. The van der Waals surface area contributed by atoms with Crippen LogP contribution in [0.3, 0.4) is 0 Å². The highest BCUT2D eigenvalue weighted by molar-refractivity contribution is 6.04. The van der Waals surface area contributed by atoms with Crippen molar-refractivity contribution in [3.8, 4) is 5.75 Å². The molecule has 2 aromatic rings. The maximum atomic E-state index is 13.5. The Morgan fingerprint density at radius 2 is 1.79 bits per heavy atom. The summed E-state index contributed by atoms with van der Waals surface area (Å²) in [6, 6.07) is 14.2. The van der Waals surface area contributed by atoms with Crippen molar-refractivity contribution in [2.75, 3.05) is 40.0 Å². The zero-order chi connectivity index (χ0) is 23.7. The average Bonchev–Trinajstić information content (AvgIpc) is 3.49. The van der Waals surface area contributed by atoms with Gasteiger partial charge in [-0.1, -0.05) is 35.9 Å². The van der Waals surface area contributed by atoms with Gasteiger partial charge in [0.05, 0.1) is 38.6 Å². The number of nitrogens with zero attached hydrogens (tertiary/aromatic N) is 3. The van der Waals surface area contributed by atoms with Crippen molar-refractivity contribution in [1.82, 2.24) is 9.91 Å². The van der Waals surface area contributed by atoms with E-state index in [1.165, 1.54) is 11.1 Å². The first-order chi connectivity index (χ1) is 16.5. The molecule has 1 amide bonds. The van der Waals surface area contributed by atoms with Gasteiger partial charge in [0, 0.05) is 37.9 Å². The highest BCUT2D eigenvalue weighted by Gasteiger charge is 2.41. The van der Waals surface area contributed by atoms with Crippen LogP contribution in [0.2, 0.25) is 0 Å². The zero-order valence-corrected chi connectivity index (χ0v) is 20.3. The molecule has 34 heavy (non-hydrogen) atoms. The normalized spacial score (nSPS) is 22.3. The maximum absolute atomic E-state index is 13.5. The molecule has 7 heteroatoms. The molecule has 3 heterocycles. The number of methoxy groups -OCH3 is 1. The van der Waals surface area contributed by atoms with E-state index in [2.05, 4.69) is 36.9 Å². The molecular weight excluding hydrogens is 430 g/mol. The number of amides is 1. The summed E-state index contributed by atoms with van der Waals surface area (Å²) in [5.74, 6) is 0.381. The van der Waals surface area contributed by atoms with Gasteiger partial charge in [-0.15, -0.1) is 0 Å². The number of aryl methyl sites for hydroxylation is 2. The van der Waals surface area contributed by atoms with E-state index in [1.807, 2.05) is 24.3 Å². The molecule has 0 aromatic heterocycles. The topological polar surface area (TPSA) is 63.6 Å². The van der Waals surface area contributed by atoms with E-state index in [-0.39, 0.29) is 11.9 Å². The van der Waals surface area contributed by atoms with Crippen molar-refractivity contribution in [3.05, 3.63) is 64.7 Å². The van der Waals surface area contributed by atoms with Crippen molar-refractivity contribution >= 4 is 11.6 Å². The molecule has 180 valence electrons. The van der Waals surface area contributed by atoms with Gasteiger partial charge in [0.15, 0.2) is 5.79 Å². The van der Waals surface area contributed by atoms with Crippen LogP contribution in [0.15, 0.2) is 47.6 Å². The minimum atomic E-state index is -0.437. The first-order valence-corrected chi connectivity index (χ1v) is 12.1. The fourth-order valence-corrected chi connectivity index (χ4v) is 5.23. The van der Waals surface area contributed by atoms with Crippen LogP contribution in [-0.4, -0.2) is 67.3 Å². The van der Waals surface area contributed by atoms with Gasteiger partial charge in [0.25, 0.3) is 5.91 Å². The minimum absolute atomic E-state index is 0.0183. The lowest BCUT2D eigenvalue weighted by Crippen LogP contribution is -2.48. The molecular formula is C27H33N3O4. The monoisotopic (exact) mass is 463 g/mol. The summed E-state index contributed by atoms with van der Waals surface area (Å²) in [6.45, 7) is 7.41. The molecule has 5 rings (SSSR count). The summed E-state index contributed by atoms with van der Waals surface area (Å²) in [5, 5.41) is 6.58. The van der Waals surface area contributed by atoms with Crippen LogP contribution in [-0.2, 0) is 14.3 Å². The molecule has 2 saturated heterocycles. The lowest BCUT2D eigenvalue weighted by molar-refractivity contribution is -0.186. The second kappa shape index (κ2) is 9.49. The van der Waals surface area contributed by atoms with Crippen LogP contribution in [0.25, 0.3) is 0 Å². The van der Waals surface area contributed by atoms with Crippen LogP contribution in [0, 0.1) is 13.8 Å². The van der Waals surface area contributed by atoms with Crippen molar-refractivity contribution in [3.63, 3.8) is 0 Å². The Hall–Kier alpha value is -2.74. The first-order valence-electron chi connectivity index (χ1n) is 12.1. The fraction of sp³-hybridized carbons (Fsp3) is 0.481. The van der Waals surface area contributed by atoms with E-state index in [1.54, 1.807) is 12.1 Å². The van der Waals surface area contributed by atoms with Crippen LogP contribution < -0.4 is 4.74 Å². The summed E-state index contributed by atoms with van der Waals surface area (Å²) >= 11 is 0. The SMILES string of the molecule is COc1ccc([C@@H]2CC(c3ccc(C)cc3C)=NN2C(=O)CN2CCC3(CC2)OCCO3)cc1. The molecule has 0 unspecified atom stereocenters. The molecule has 0 N–H and O–H groups in total. The van der Waals surface area contributed by atoms with Gasteiger partial charge in [-0.3, -0.25) is 9.69 Å². The van der Waals surface area contributed by atoms with Gasteiger partial charge < -0.3 is 14.2 Å². The Kier molecular flexibility index (Phi) is 6.42. The molecule has 0 aliphatic carbocycles. The molecule has 0 bridgehead atoms. The number of likely N-dealkylation sites (tertiary alicyclic amines) is 1. The molecule has 7 nitrogen and oxygen atoms in total. The quantitative estimate of drug-likeness (QED) is 0.675. The number of hydrogen-bond acceptors (Lipinski definition) is 6. The molecule has 0 radical (unpaired) electrons. The lowest BCUT2D eigenvalue weighted by atomic mass is 9.95. The van der Waals surface area contributed by atoms with Gasteiger partial charge >= 0.3 is 0 Å². The van der Waals surface area contributed by atoms with E-state index in [0.29, 0.717) is 26.2 Å². The Morgan fingerprint density at radius 1 is 1.09 bits per heavy atom. The second-order valence-corrected chi connectivity index (χ2v) is 9.48. The number of ether oxygens (including phenoxy) is 3. The number of piperidine rings is 1. The van der Waals surface area contributed by atoms with Crippen LogP contribution in [0.5, 0.6) is 5.75 Å². The van der Waals surface area contributed by atoms with Crippen molar-refractivity contribution in [2.45, 2.75) is 44.9 Å². The van der Waals surface area contributed by atoms with Crippen molar-refractivity contribution < 1.29 is 19.0 Å². The van der Waals surface area contributed by atoms with Gasteiger partial charge in [0.2, 0.25) is 0 Å². The number of carbonyl (C=O) groups excluding carboxylic acids is 1. The third kappa shape index (κ3) is 4.60. The highest BCUT2D eigenvalue weighted by Crippen LogP contribution is 2.35. The summed E-state index contributed by atoms with van der Waals surface area (Å²) in [5.41, 5.74) is 5.52. The predicted molar refractivity (Wildman–Crippen MR) is 130 cm³/mol. The van der Waals surface area contributed by atoms with Crippen molar-refractivity contribution in [1.29, 1.82) is 0 Å². The molecule has 1 atom stereocenters. The van der Waals surface area contributed by atoms with Gasteiger partial charge in [-0.25, -0.2) is 5.01 Å². The van der Waals surface area contributed by atoms with E-state index in [9.17, 15) is 4.79 Å². The van der Waals surface area contributed by atoms with E-state index in [4.69, 9.17) is 19.3 Å². The Labute approximate surface area is 201 Å². The zero-order valence-electron chi connectivity index (χ0n) is 20.3. The van der Waals surface area contributed by atoms with Crippen LogP contribution in [0.1, 0.15) is 47.6 Å². The van der Waals surface area contributed by atoms with Crippen LogP contribution in [0.4, 0.5) is 0 Å². The number of benzene rings is 2. The number of hydrazone groups is 1. The minimum Gasteiger partial charge on any atom is -0.497 e. The molecule has 2 aromatic carbocycles. The summed E-state index contributed by atoms with van der Waals surface area (Å²) in [7, 11) is 1.66. The van der Waals surface area contributed by atoms with Crippen molar-refractivity contribution in [2.24, 2.45) is 5.10 Å². The van der Waals surface area contributed by atoms with Gasteiger partial charge in [-0.2, -0.15) is 5.10 Å². The number of hydrogen-bond donors (Lipinski definition) is 0. The largest absolute Gasteiger partial charge is 0.497 e. The number of rotatable bonds is 5. The maximum Gasteiger partial charge on any atom is 0.257 e. The molecule has 0 saturated carbocycles. The van der Waals surface area contributed by atoms with E-state index in [0.717, 1.165) is 48.5 Å². The number of carbonyl (C=O) groups is 1. The second-order valence-electron chi connectivity index (χ2n) is 9.48. The fourth-order valence-electron chi connectivity index (χ4n) is 5.23. The highest BCUT2D eigenvalue weighted by atomic mass is 16.7. The van der Waals surface area contributed by atoms with Gasteiger partial charge in [-0.05, 0) is 37.1 Å². The Balaban J connectivity index is 1.36. The van der Waals surface area contributed by atoms with E-state index < -0.39 is 5.79 Å². The van der Waals surface area contributed by atoms with Gasteiger partial charge in [0.1, 0.15) is 5.75 Å². The summed E-state index contributed by atoms with van der Waals surface area (Å²) < 4.78 is 17.0. The smallest absolute Gasteiger partial charge is 0.257 e. The lowest BCUT2D eigenvalue weighted by Gasteiger charge is -2.37. The summed E-state index contributed by atoms with van der Waals surface area (Å²) in [6.07, 6.45) is 2.27. The van der Waals surface area contributed by atoms with E-state index >= 15 is 0 Å².